The van der Waals surface area contributed by atoms with Crippen LogP contribution in [0.25, 0.3) is 0 Å². The molecule has 2 aliphatic rings. The topological polar surface area (TPSA) is 76.7 Å². The van der Waals surface area contributed by atoms with Crippen molar-refractivity contribution in [2.45, 2.75) is 19.4 Å². The lowest BCUT2D eigenvalue weighted by atomic mass is 9.74. The second-order valence-electron chi connectivity index (χ2n) is 4.21. The van der Waals surface area contributed by atoms with Crippen LogP contribution in [0.2, 0.25) is 0 Å². The number of nitrogens with two attached hydrogens (primary N) is 1. The van der Waals surface area contributed by atoms with Crippen molar-refractivity contribution in [2.24, 2.45) is 16.1 Å². The number of urea groups is 1. The lowest BCUT2D eigenvalue weighted by molar-refractivity contribution is 0.166. The van der Waals surface area contributed by atoms with Gasteiger partial charge in [-0.05, 0) is 0 Å². The lowest BCUT2D eigenvalue weighted by Crippen LogP contribution is -2.60. The first kappa shape index (κ1) is 8.50. The van der Waals surface area contributed by atoms with Crippen molar-refractivity contribution >= 4 is 11.9 Å². The summed E-state index contributed by atoms with van der Waals surface area (Å²) in [6.07, 6.45) is 0. The van der Waals surface area contributed by atoms with Gasteiger partial charge in [-0.25, -0.2) is 4.79 Å². The number of nitrogens with zero attached hydrogens (tertiary/aromatic N) is 1. The van der Waals surface area contributed by atoms with Crippen LogP contribution in [0.4, 0.5) is 4.79 Å². The number of hydrogen-bond donors (Lipinski definition) is 2. The first-order valence-electron chi connectivity index (χ1n) is 4.22. The highest BCUT2D eigenvalue weighted by Crippen LogP contribution is 2.39. The van der Waals surface area contributed by atoms with E-state index in [0.29, 0.717) is 19.0 Å². The molecule has 13 heavy (non-hydrogen) atoms. The van der Waals surface area contributed by atoms with Crippen molar-refractivity contribution in [1.82, 2.24) is 5.32 Å². The molecule has 2 amide bonds. The van der Waals surface area contributed by atoms with E-state index in [4.69, 9.17) is 10.5 Å². The summed E-state index contributed by atoms with van der Waals surface area (Å²) in [6, 6.07) is -0.365. The normalized spacial score (nSPS) is 36.5. The lowest BCUT2D eigenvalue weighted by Gasteiger charge is -2.34. The number of carbonyl (C=O) groups excluding carboxylic acids is 1. The molecule has 0 aliphatic carbocycles. The van der Waals surface area contributed by atoms with Crippen molar-refractivity contribution in [3.8, 4) is 0 Å². The molecule has 2 aliphatic heterocycles. The van der Waals surface area contributed by atoms with Crippen molar-refractivity contribution in [3.63, 3.8) is 0 Å². The number of amidine groups is 1. The third-order valence-corrected chi connectivity index (χ3v) is 2.92. The summed E-state index contributed by atoms with van der Waals surface area (Å²) >= 11 is 0. The fourth-order valence-corrected chi connectivity index (χ4v) is 1.88. The number of carbonyl (C=O) groups is 1. The zero-order chi connectivity index (χ0) is 9.69. The third-order valence-electron chi connectivity index (χ3n) is 2.92. The molecule has 0 saturated carbocycles. The summed E-state index contributed by atoms with van der Waals surface area (Å²) in [5.41, 5.74) is 4.96. The van der Waals surface area contributed by atoms with Gasteiger partial charge in [-0.15, -0.1) is 0 Å². The Morgan fingerprint density at radius 3 is 2.62 bits per heavy atom. The zero-order valence-corrected chi connectivity index (χ0v) is 7.76. The van der Waals surface area contributed by atoms with Gasteiger partial charge in [0.1, 0.15) is 11.4 Å². The van der Waals surface area contributed by atoms with Crippen LogP contribution in [0, 0.1) is 5.41 Å². The molecule has 1 saturated heterocycles. The van der Waals surface area contributed by atoms with Gasteiger partial charge in [0.2, 0.25) is 0 Å². The van der Waals surface area contributed by atoms with Crippen molar-refractivity contribution < 1.29 is 9.53 Å². The van der Waals surface area contributed by atoms with Crippen LogP contribution in [0.5, 0.6) is 0 Å². The molecular formula is C8H13N3O2. The van der Waals surface area contributed by atoms with Gasteiger partial charge in [0.15, 0.2) is 0 Å². The summed E-state index contributed by atoms with van der Waals surface area (Å²) in [7, 11) is 0. The molecule has 0 bridgehead atoms. The zero-order valence-electron chi connectivity index (χ0n) is 7.76. The van der Waals surface area contributed by atoms with E-state index >= 15 is 0 Å². The molecule has 1 fully saturated rings. The molecule has 5 nitrogen and oxygen atoms in total. The van der Waals surface area contributed by atoms with E-state index in [1.165, 1.54) is 0 Å². The molecule has 0 aromatic rings. The number of aliphatic imine (C=N–C) groups is 1. The molecule has 72 valence electrons. The van der Waals surface area contributed by atoms with Crippen LogP contribution in [0.15, 0.2) is 4.99 Å². The van der Waals surface area contributed by atoms with Crippen LogP contribution < -0.4 is 11.1 Å². The van der Waals surface area contributed by atoms with Crippen LogP contribution in [0.1, 0.15) is 13.8 Å². The third kappa shape index (κ3) is 0.904. The number of amides is 2. The second-order valence-corrected chi connectivity index (χ2v) is 4.21. The molecule has 3 N–H and O–H groups in total. The average Bonchev–Trinajstić information content (AvgIpc) is 2.40. The quantitative estimate of drug-likeness (QED) is 0.549. The SMILES string of the molecule is CC1(C)COCC12NC(=O)N=C2N. The smallest absolute Gasteiger partial charge is 0.343 e. The number of nitrogens with one attached hydrogen (secondary N) is 1. The minimum atomic E-state index is -0.579. The fraction of sp³-hybridized carbons (Fsp3) is 0.750. The molecule has 1 unspecified atom stereocenters. The molecule has 0 aromatic heterocycles. The standard InChI is InChI=1S/C8H13N3O2/c1-7(2)3-13-4-8(7)5(9)10-6(12)11-8/h3-4H2,1-2H3,(H3,9,10,11,12). The summed E-state index contributed by atoms with van der Waals surface area (Å²) in [4.78, 5) is 14.8. The van der Waals surface area contributed by atoms with Crippen LogP contribution in [0.3, 0.4) is 0 Å². The molecule has 1 spiro atoms. The van der Waals surface area contributed by atoms with Crippen molar-refractivity contribution in [3.05, 3.63) is 0 Å². The summed E-state index contributed by atoms with van der Waals surface area (Å²) in [5.74, 6) is 0.347. The summed E-state index contributed by atoms with van der Waals surface area (Å²) in [6.45, 7) is 5.02. The summed E-state index contributed by atoms with van der Waals surface area (Å²) in [5, 5.41) is 2.78. The van der Waals surface area contributed by atoms with Crippen LogP contribution in [-0.2, 0) is 4.74 Å². The highest BCUT2D eigenvalue weighted by Gasteiger charge is 2.56. The van der Waals surface area contributed by atoms with E-state index in [1.54, 1.807) is 0 Å². The van der Waals surface area contributed by atoms with E-state index in [-0.39, 0.29) is 11.4 Å². The maximum absolute atomic E-state index is 11.1. The van der Waals surface area contributed by atoms with Gasteiger partial charge in [0.25, 0.3) is 0 Å². The predicted octanol–water partition coefficient (Wildman–Crippen LogP) is -0.138. The van der Waals surface area contributed by atoms with E-state index in [1.807, 2.05) is 13.8 Å². The van der Waals surface area contributed by atoms with E-state index in [2.05, 4.69) is 10.3 Å². The molecule has 2 heterocycles. The molecule has 1 atom stereocenters. The maximum Gasteiger partial charge on any atom is 0.343 e. The molecular weight excluding hydrogens is 170 g/mol. The van der Waals surface area contributed by atoms with Gasteiger partial charge in [-0.1, -0.05) is 13.8 Å². The Hall–Kier alpha value is -1.10. The van der Waals surface area contributed by atoms with E-state index in [9.17, 15) is 4.79 Å². The van der Waals surface area contributed by atoms with Crippen LogP contribution in [-0.4, -0.2) is 30.6 Å². The molecule has 0 aromatic carbocycles. The second kappa shape index (κ2) is 2.23. The first-order valence-corrected chi connectivity index (χ1v) is 4.22. The Labute approximate surface area is 76.3 Å². The van der Waals surface area contributed by atoms with Gasteiger partial charge < -0.3 is 15.8 Å². The molecule has 0 radical (unpaired) electrons. The minimum Gasteiger partial charge on any atom is -0.385 e. The van der Waals surface area contributed by atoms with Gasteiger partial charge in [0.05, 0.1) is 13.2 Å². The van der Waals surface area contributed by atoms with Gasteiger partial charge >= 0.3 is 6.03 Å². The Kier molecular flexibility index (Phi) is 1.46. The number of ether oxygens (including phenoxy) is 1. The van der Waals surface area contributed by atoms with Gasteiger partial charge in [0, 0.05) is 5.41 Å². The van der Waals surface area contributed by atoms with Crippen molar-refractivity contribution in [1.29, 1.82) is 0 Å². The van der Waals surface area contributed by atoms with Crippen molar-refractivity contribution in [2.75, 3.05) is 13.2 Å². The Balaban J connectivity index is 2.42. The minimum absolute atomic E-state index is 0.188. The Morgan fingerprint density at radius 1 is 1.54 bits per heavy atom. The highest BCUT2D eigenvalue weighted by molar-refractivity contribution is 6.06. The van der Waals surface area contributed by atoms with E-state index < -0.39 is 5.54 Å². The maximum atomic E-state index is 11.1. The predicted molar refractivity (Wildman–Crippen MR) is 47.5 cm³/mol. The van der Waals surface area contributed by atoms with Gasteiger partial charge in [-0.2, -0.15) is 4.99 Å². The summed E-state index contributed by atoms with van der Waals surface area (Å²) < 4.78 is 5.34. The monoisotopic (exact) mass is 183 g/mol. The molecule has 2 rings (SSSR count). The highest BCUT2D eigenvalue weighted by atomic mass is 16.5. The Morgan fingerprint density at radius 2 is 2.23 bits per heavy atom. The number of hydrogen-bond acceptors (Lipinski definition) is 3. The van der Waals surface area contributed by atoms with E-state index in [0.717, 1.165) is 0 Å². The average molecular weight is 183 g/mol. The Bertz CT molecular complexity index is 298. The van der Waals surface area contributed by atoms with Crippen LogP contribution >= 0.6 is 0 Å². The number of rotatable bonds is 0. The van der Waals surface area contributed by atoms with Gasteiger partial charge in [-0.3, -0.25) is 0 Å². The molecule has 5 heteroatoms. The largest absolute Gasteiger partial charge is 0.385 e. The first-order chi connectivity index (χ1) is 5.98. The fourth-order valence-electron chi connectivity index (χ4n) is 1.88.